The number of pyridine rings is 1. The normalized spacial score (nSPS) is 12.6. The lowest BCUT2D eigenvalue weighted by molar-refractivity contribution is 0.462. The van der Waals surface area contributed by atoms with Crippen molar-refractivity contribution in [3.05, 3.63) is 29.0 Å². The Balaban J connectivity index is 2.57. The number of hydrogen-bond donors (Lipinski definition) is 1. The van der Waals surface area contributed by atoms with E-state index in [1.807, 2.05) is 18.3 Å². The lowest BCUT2D eigenvalue weighted by Crippen LogP contribution is -2.23. The monoisotopic (exact) mass is 268 g/mol. The minimum absolute atomic E-state index is 0.301. The maximum absolute atomic E-state index is 6.24. The third kappa shape index (κ3) is 5.36. The first-order valence-corrected chi connectivity index (χ1v) is 7.51. The van der Waals surface area contributed by atoms with Crippen LogP contribution in [0.3, 0.4) is 0 Å². The Morgan fingerprint density at radius 3 is 2.72 bits per heavy atom. The van der Waals surface area contributed by atoms with Gasteiger partial charge >= 0.3 is 0 Å². The first kappa shape index (κ1) is 15.5. The van der Waals surface area contributed by atoms with Crippen molar-refractivity contribution in [3.8, 4) is 0 Å². The molecule has 1 aromatic rings. The zero-order valence-electron chi connectivity index (χ0n) is 11.6. The Hall–Kier alpha value is -0.600. The largest absolute Gasteiger partial charge is 0.309 e. The minimum atomic E-state index is 0.301. The molecule has 1 aromatic heterocycles. The molecule has 0 saturated carbocycles. The first-order valence-electron chi connectivity index (χ1n) is 7.13. The predicted octanol–water partition coefficient (Wildman–Crippen LogP) is 4.75. The van der Waals surface area contributed by atoms with E-state index in [9.17, 15) is 0 Å². The van der Waals surface area contributed by atoms with Crippen LogP contribution in [0.25, 0.3) is 0 Å². The molecule has 0 spiro atoms. The lowest BCUT2D eigenvalue weighted by Gasteiger charge is -2.19. The zero-order valence-corrected chi connectivity index (χ0v) is 12.3. The maximum atomic E-state index is 6.24. The molecule has 3 heteroatoms. The van der Waals surface area contributed by atoms with Crippen molar-refractivity contribution in [2.24, 2.45) is 0 Å². The Bertz CT molecular complexity index is 328. The Kier molecular flexibility index (Phi) is 8.03. The highest BCUT2D eigenvalue weighted by molar-refractivity contribution is 6.31. The molecule has 1 rings (SSSR count). The van der Waals surface area contributed by atoms with E-state index in [4.69, 9.17) is 11.6 Å². The molecular weight excluding hydrogens is 244 g/mol. The SMILES string of the molecule is CCCCCCC(NCCC)c1ncccc1Cl. The van der Waals surface area contributed by atoms with Crippen molar-refractivity contribution in [2.45, 2.75) is 58.4 Å². The third-order valence-electron chi connectivity index (χ3n) is 3.10. The second-order valence-corrected chi connectivity index (χ2v) is 5.13. The van der Waals surface area contributed by atoms with Gasteiger partial charge in [0.15, 0.2) is 0 Å². The van der Waals surface area contributed by atoms with Crippen LogP contribution in [-0.2, 0) is 0 Å². The summed E-state index contributed by atoms with van der Waals surface area (Å²) in [5.74, 6) is 0. The van der Waals surface area contributed by atoms with Crippen LogP contribution in [0.1, 0.15) is 64.1 Å². The highest BCUT2D eigenvalue weighted by Gasteiger charge is 2.14. The number of nitrogens with zero attached hydrogens (tertiary/aromatic N) is 1. The highest BCUT2D eigenvalue weighted by Crippen LogP contribution is 2.24. The summed E-state index contributed by atoms with van der Waals surface area (Å²) < 4.78 is 0. The van der Waals surface area contributed by atoms with Crippen LogP contribution in [0, 0.1) is 0 Å². The molecular formula is C15H25ClN2. The summed E-state index contributed by atoms with van der Waals surface area (Å²) in [4.78, 5) is 4.44. The highest BCUT2D eigenvalue weighted by atomic mass is 35.5. The van der Waals surface area contributed by atoms with Crippen LogP contribution in [0.15, 0.2) is 18.3 Å². The molecule has 1 N–H and O–H groups in total. The van der Waals surface area contributed by atoms with Gasteiger partial charge in [-0.1, -0.05) is 51.1 Å². The van der Waals surface area contributed by atoms with E-state index in [2.05, 4.69) is 24.1 Å². The van der Waals surface area contributed by atoms with Gasteiger partial charge in [0.1, 0.15) is 0 Å². The molecule has 0 aliphatic heterocycles. The molecule has 0 saturated heterocycles. The van der Waals surface area contributed by atoms with E-state index in [1.54, 1.807) is 0 Å². The van der Waals surface area contributed by atoms with Crippen molar-refractivity contribution < 1.29 is 0 Å². The van der Waals surface area contributed by atoms with Gasteiger partial charge in [-0.05, 0) is 31.5 Å². The van der Waals surface area contributed by atoms with E-state index < -0.39 is 0 Å². The van der Waals surface area contributed by atoms with Crippen LogP contribution < -0.4 is 5.32 Å². The van der Waals surface area contributed by atoms with Crippen molar-refractivity contribution in [2.75, 3.05) is 6.54 Å². The van der Waals surface area contributed by atoms with Crippen LogP contribution >= 0.6 is 11.6 Å². The van der Waals surface area contributed by atoms with Gasteiger partial charge in [-0.3, -0.25) is 4.98 Å². The minimum Gasteiger partial charge on any atom is -0.309 e. The van der Waals surface area contributed by atoms with Crippen LogP contribution in [-0.4, -0.2) is 11.5 Å². The molecule has 0 bridgehead atoms. The molecule has 102 valence electrons. The van der Waals surface area contributed by atoms with Gasteiger partial charge in [-0.15, -0.1) is 0 Å². The maximum Gasteiger partial charge on any atom is 0.0758 e. The summed E-state index contributed by atoms with van der Waals surface area (Å²) in [6, 6.07) is 4.12. The van der Waals surface area contributed by atoms with E-state index in [1.165, 1.54) is 25.7 Å². The van der Waals surface area contributed by atoms with E-state index >= 15 is 0 Å². The average Bonchev–Trinajstić information content (AvgIpc) is 2.39. The summed E-state index contributed by atoms with van der Waals surface area (Å²) in [6.07, 6.45) is 9.21. The molecule has 0 fully saturated rings. The number of nitrogens with one attached hydrogen (secondary N) is 1. The van der Waals surface area contributed by atoms with Crippen LogP contribution in [0.4, 0.5) is 0 Å². The fourth-order valence-corrected chi connectivity index (χ4v) is 2.34. The summed E-state index contributed by atoms with van der Waals surface area (Å²) >= 11 is 6.24. The molecule has 0 amide bonds. The number of rotatable bonds is 9. The molecule has 18 heavy (non-hydrogen) atoms. The smallest absolute Gasteiger partial charge is 0.0758 e. The predicted molar refractivity (Wildman–Crippen MR) is 79.0 cm³/mol. The molecule has 1 heterocycles. The quantitative estimate of drug-likeness (QED) is 0.654. The summed E-state index contributed by atoms with van der Waals surface area (Å²) in [5.41, 5.74) is 1.00. The topological polar surface area (TPSA) is 24.9 Å². The van der Waals surface area contributed by atoms with Crippen molar-refractivity contribution in [3.63, 3.8) is 0 Å². The molecule has 2 nitrogen and oxygen atoms in total. The number of unbranched alkanes of at least 4 members (excludes halogenated alkanes) is 3. The fourth-order valence-electron chi connectivity index (χ4n) is 2.08. The molecule has 0 aromatic carbocycles. The fraction of sp³-hybridized carbons (Fsp3) is 0.667. The number of halogens is 1. The molecule has 0 radical (unpaired) electrons. The standard InChI is InChI=1S/C15H25ClN2/c1-3-5-6-7-10-14(17-11-4-2)15-13(16)9-8-12-18-15/h8-9,12,14,17H,3-7,10-11H2,1-2H3. The van der Waals surface area contributed by atoms with Crippen molar-refractivity contribution in [1.82, 2.24) is 10.3 Å². The second kappa shape index (κ2) is 9.35. The summed E-state index contributed by atoms with van der Waals surface area (Å²) in [5, 5.41) is 4.34. The van der Waals surface area contributed by atoms with Crippen LogP contribution in [0.5, 0.6) is 0 Å². The van der Waals surface area contributed by atoms with E-state index in [0.29, 0.717) is 6.04 Å². The number of hydrogen-bond acceptors (Lipinski definition) is 2. The van der Waals surface area contributed by atoms with Gasteiger partial charge in [0.2, 0.25) is 0 Å². The summed E-state index contributed by atoms with van der Waals surface area (Å²) in [7, 11) is 0. The van der Waals surface area contributed by atoms with Gasteiger partial charge in [0, 0.05) is 6.20 Å². The molecule has 1 unspecified atom stereocenters. The second-order valence-electron chi connectivity index (χ2n) is 4.73. The van der Waals surface area contributed by atoms with E-state index in [0.717, 1.165) is 30.1 Å². The van der Waals surface area contributed by atoms with Crippen molar-refractivity contribution >= 4 is 11.6 Å². The van der Waals surface area contributed by atoms with Crippen molar-refractivity contribution in [1.29, 1.82) is 0 Å². The Morgan fingerprint density at radius 2 is 2.06 bits per heavy atom. The molecule has 1 atom stereocenters. The zero-order chi connectivity index (χ0) is 13.2. The van der Waals surface area contributed by atoms with Crippen LogP contribution in [0.2, 0.25) is 5.02 Å². The summed E-state index contributed by atoms with van der Waals surface area (Å²) in [6.45, 7) is 5.44. The first-order chi connectivity index (χ1) is 8.79. The van der Waals surface area contributed by atoms with Gasteiger partial charge in [-0.2, -0.15) is 0 Å². The average molecular weight is 269 g/mol. The lowest BCUT2D eigenvalue weighted by atomic mass is 10.0. The van der Waals surface area contributed by atoms with Gasteiger partial charge in [-0.25, -0.2) is 0 Å². The third-order valence-corrected chi connectivity index (χ3v) is 3.42. The van der Waals surface area contributed by atoms with Gasteiger partial charge in [0.05, 0.1) is 16.8 Å². The molecule has 0 aliphatic carbocycles. The Morgan fingerprint density at radius 1 is 1.22 bits per heavy atom. The number of aromatic nitrogens is 1. The van der Waals surface area contributed by atoms with E-state index in [-0.39, 0.29) is 0 Å². The van der Waals surface area contributed by atoms with Gasteiger partial charge < -0.3 is 5.32 Å². The van der Waals surface area contributed by atoms with Gasteiger partial charge in [0.25, 0.3) is 0 Å². The Labute approximate surface area is 116 Å². The molecule has 0 aliphatic rings.